The first-order chi connectivity index (χ1) is 8.37. The molecule has 0 aromatic rings. The molecule has 0 radical (unpaired) electrons. The van der Waals surface area contributed by atoms with Gasteiger partial charge in [-0.3, -0.25) is 0 Å². The summed E-state index contributed by atoms with van der Waals surface area (Å²) in [5.74, 6) is 0.635. The van der Waals surface area contributed by atoms with Crippen LogP contribution < -0.4 is 5.32 Å². The summed E-state index contributed by atoms with van der Waals surface area (Å²) in [6, 6.07) is 1.27. The molecule has 0 amide bonds. The van der Waals surface area contributed by atoms with Gasteiger partial charge in [0.05, 0.1) is 6.10 Å². The van der Waals surface area contributed by atoms with Gasteiger partial charge in [0.15, 0.2) is 0 Å². The lowest BCUT2D eigenvalue weighted by molar-refractivity contribution is -0.125. The van der Waals surface area contributed by atoms with Crippen molar-refractivity contribution in [2.24, 2.45) is 11.3 Å². The van der Waals surface area contributed by atoms with Crippen LogP contribution >= 0.6 is 0 Å². The van der Waals surface area contributed by atoms with E-state index in [0.717, 1.165) is 6.61 Å². The number of rotatable bonds is 8. The van der Waals surface area contributed by atoms with Gasteiger partial charge in [0, 0.05) is 24.1 Å². The van der Waals surface area contributed by atoms with Gasteiger partial charge < -0.3 is 10.1 Å². The van der Waals surface area contributed by atoms with Crippen LogP contribution in [-0.4, -0.2) is 24.8 Å². The highest BCUT2D eigenvalue weighted by atomic mass is 16.5. The lowest BCUT2D eigenvalue weighted by Crippen LogP contribution is -2.62. The molecule has 1 N–H and O–H groups in total. The second-order valence-electron chi connectivity index (χ2n) is 7.04. The van der Waals surface area contributed by atoms with E-state index < -0.39 is 0 Å². The highest BCUT2D eigenvalue weighted by molar-refractivity contribution is 5.03. The first kappa shape index (κ1) is 16.0. The van der Waals surface area contributed by atoms with Crippen LogP contribution in [0.15, 0.2) is 0 Å². The molecule has 1 saturated carbocycles. The van der Waals surface area contributed by atoms with Gasteiger partial charge in [0.2, 0.25) is 0 Å². The molecule has 3 atom stereocenters. The molecule has 0 aliphatic heterocycles. The Morgan fingerprint density at radius 1 is 1.28 bits per heavy atom. The van der Waals surface area contributed by atoms with Gasteiger partial charge in [-0.05, 0) is 25.7 Å². The molecule has 3 unspecified atom stereocenters. The van der Waals surface area contributed by atoms with Crippen LogP contribution in [0.2, 0.25) is 0 Å². The van der Waals surface area contributed by atoms with Crippen LogP contribution in [0.1, 0.15) is 67.2 Å². The molecule has 0 bridgehead atoms. The molecule has 2 heteroatoms. The lowest BCUT2D eigenvalue weighted by Gasteiger charge is -2.53. The zero-order valence-corrected chi connectivity index (χ0v) is 13.3. The van der Waals surface area contributed by atoms with Crippen molar-refractivity contribution in [2.75, 3.05) is 6.61 Å². The molecule has 0 aromatic heterocycles. The number of nitrogens with one attached hydrogen (secondary N) is 1. The van der Waals surface area contributed by atoms with Crippen LogP contribution in [-0.2, 0) is 4.74 Å². The predicted molar refractivity (Wildman–Crippen MR) is 78.9 cm³/mol. The van der Waals surface area contributed by atoms with Crippen molar-refractivity contribution in [1.29, 1.82) is 0 Å². The standard InChI is InChI=1S/C16H33NO/c1-7-8-9-13(4)17-14-10-15(16(14,5)6)18-11-12(2)3/h12-15,17H,7-11H2,1-6H3. The van der Waals surface area contributed by atoms with Crippen molar-refractivity contribution in [3.63, 3.8) is 0 Å². The summed E-state index contributed by atoms with van der Waals surface area (Å²) < 4.78 is 6.01. The van der Waals surface area contributed by atoms with E-state index in [1.54, 1.807) is 0 Å². The second-order valence-corrected chi connectivity index (χ2v) is 7.04. The molecule has 108 valence electrons. The van der Waals surface area contributed by atoms with Crippen LogP contribution in [0.5, 0.6) is 0 Å². The van der Waals surface area contributed by atoms with Crippen LogP contribution in [0, 0.1) is 11.3 Å². The minimum Gasteiger partial charge on any atom is -0.377 e. The fraction of sp³-hybridized carbons (Fsp3) is 1.00. The zero-order valence-electron chi connectivity index (χ0n) is 13.3. The fourth-order valence-corrected chi connectivity index (χ4v) is 2.70. The van der Waals surface area contributed by atoms with Crippen LogP contribution in [0.25, 0.3) is 0 Å². The topological polar surface area (TPSA) is 21.3 Å². The van der Waals surface area contributed by atoms with Crippen molar-refractivity contribution in [3.8, 4) is 0 Å². The molecule has 1 fully saturated rings. The lowest BCUT2D eigenvalue weighted by atomic mass is 9.64. The number of ether oxygens (including phenoxy) is 1. The van der Waals surface area contributed by atoms with Gasteiger partial charge in [-0.15, -0.1) is 0 Å². The molecule has 2 nitrogen and oxygen atoms in total. The Bertz CT molecular complexity index is 237. The average Bonchev–Trinajstić information content (AvgIpc) is 2.29. The summed E-state index contributed by atoms with van der Waals surface area (Å²) >= 11 is 0. The summed E-state index contributed by atoms with van der Waals surface area (Å²) in [4.78, 5) is 0. The van der Waals surface area contributed by atoms with Gasteiger partial charge in [0.1, 0.15) is 0 Å². The van der Waals surface area contributed by atoms with Crippen molar-refractivity contribution in [1.82, 2.24) is 5.32 Å². The molecule has 1 aliphatic rings. The van der Waals surface area contributed by atoms with E-state index in [1.165, 1.54) is 25.7 Å². The molecule has 0 saturated heterocycles. The maximum absolute atomic E-state index is 6.01. The molecule has 0 heterocycles. The van der Waals surface area contributed by atoms with Gasteiger partial charge in [-0.1, -0.05) is 47.5 Å². The maximum Gasteiger partial charge on any atom is 0.0656 e. The quantitative estimate of drug-likeness (QED) is 0.708. The van der Waals surface area contributed by atoms with Crippen molar-refractivity contribution in [2.45, 2.75) is 85.4 Å². The summed E-state index contributed by atoms with van der Waals surface area (Å²) in [7, 11) is 0. The Labute approximate surface area is 114 Å². The monoisotopic (exact) mass is 255 g/mol. The van der Waals surface area contributed by atoms with Gasteiger partial charge in [-0.25, -0.2) is 0 Å². The first-order valence-corrected chi connectivity index (χ1v) is 7.75. The fourth-order valence-electron chi connectivity index (χ4n) is 2.70. The number of hydrogen-bond donors (Lipinski definition) is 1. The molecule has 1 rings (SSSR count). The van der Waals surface area contributed by atoms with E-state index in [-0.39, 0.29) is 5.41 Å². The SMILES string of the molecule is CCCCC(C)NC1CC(OCC(C)C)C1(C)C. The van der Waals surface area contributed by atoms with E-state index in [4.69, 9.17) is 4.74 Å². The molecular weight excluding hydrogens is 222 g/mol. The minimum atomic E-state index is 0.287. The summed E-state index contributed by atoms with van der Waals surface area (Å²) in [5.41, 5.74) is 0.287. The van der Waals surface area contributed by atoms with Crippen molar-refractivity contribution in [3.05, 3.63) is 0 Å². The highest BCUT2D eigenvalue weighted by Gasteiger charge is 2.49. The Balaban J connectivity index is 2.30. The molecule has 18 heavy (non-hydrogen) atoms. The third kappa shape index (κ3) is 4.24. The summed E-state index contributed by atoms with van der Waals surface area (Å²) in [5, 5.41) is 3.78. The van der Waals surface area contributed by atoms with E-state index in [9.17, 15) is 0 Å². The van der Waals surface area contributed by atoms with Crippen molar-refractivity contribution < 1.29 is 4.74 Å². The van der Waals surface area contributed by atoms with Gasteiger partial charge >= 0.3 is 0 Å². The first-order valence-electron chi connectivity index (χ1n) is 7.75. The third-order valence-corrected chi connectivity index (χ3v) is 4.28. The van der Waals surface area contributed by atoms with Crippen LogP contribution in [0.4, 0.5) is 0 Å². The molecular formula is C16H33NO. The number of unbranched alkanes of at least 4 members (excludes halogenated alkanes) is 1. The molecule has 1 aliphatic carbocycles. The minimum absolute atomic E-state index is 0.287. The number of hydrogen-bond acceptors (Lipinski definition) is 2. The molecule has 0 aromatic carbocycles. The Morgan fingerprint density at radius 3 is 2.44 bits per heavy atom. The Hall–Kier alpha value is -0.0800. The predicted octanol–water partition coefficient (Wildman–Crippen LogP) is 3.99. The smallest absolute Gasteiger partial charge is 0.0656 e. The van der Waals surface area contributed by atoms with E-state index in [0.29, 0.717) is 24.1 Å². The molecule has 0 spiro atoms. The second kappa shape index (κ2) is 6.91. The van der Waals surface area contributed by atoms with E-state index >= 15 is 0 Å². The third-order valence-electron chi connectivity index (χ3n) is 4.28. The highest BCUT2D eigenvalue weighted by Crippen LogP contribution is 2.43. The Morgan fingerprint density at radius 2 is 1.94 bits per heavy atom. The summed E-state index contributed by atoms with van der Waals surface area (Å²) in [6.07, 6.45) is 5.53. The normalized spacial score (nSPS) is 28.2. The zero-order chi connectivity index (χ0) is 13.8. The maximum atomic E-state index is 6.01. The van der Waals surface area contributed by atoms with Gasteiger partial charge in [-0.2, -0.15) is 0 Å². The van der Waals surface area contributed by atoms with E-state index in [1.807, 2.05) is 0 Å². The van der Waals surface area contributed by atoms with Crippen LogP contribution in [0.3, 0.4) is 0 Å². The summed E-state index contributed by atoms with van der Waals surface area (Å²) in [6.45, 7) is 14.6. The van der Waals surface area contributed by atoms with Gasteiger partial charge in [0.25, 0.3) is 0 Å². The van der Waals surface area contributed by atoms with Crippen molar-refractivity contribution >= 4 is 0 Å². The Kier molecular flexibility index (Phi) is 6.13. The van der Waals surface area contributed by atoms with E-state index in [2.05, 4.69) is 46.9 Å². The largest absolute Gasteiger partial charge is 0.377 e. The average molecular weight is 255 g/mol.